The summed E-state index contributed by atoms with van der Waals surface area (Å²) < 4.78 is 14.6. The molecule has 6 nitrogen and oxygen atoms in total. The van der Waals surface area contributed by atoms with Gasteiger partial charge in [-0.05, 0) is 13.3 Å². The van der Waals surface area contributed by atoms with Gasteiger partial charge in [-0.25, -0.2) is 0 Å². The fraction of sp³-hybridized carbons (Fsp3) is 0.750. The predicted octanol–water partition coefficient (Wildman–Crippen LogP) is 0.825. The van der Waals surface area contributed by atoms with Crippen molar-refractivity contribution in [2.24, 2.45) is 5.92 Å². The Morgan fingerprint density at radius 3 is 2.67 bits per heavy atom. The summed E-state index contributed by atoms with van der Waals surface area (Å²) in [5, 5.41) is 0. The van der Waals surface area contributed by atoms with Crippen LogP contribution in [0, 0.1) is 5.92 Å². The minimum absolute atomic E-state index is 0.000475. The summed E-state index contributed by atoms with van der Waals surface area (Å²) in [5.41, 5.74) is 0. The number of esters is 3. The van der Waals surface area contributed by atoms with E-state index in [1.165, 1.54) is 0 Å². The molecule has 1 heterocycles. The number of rotatable bonds is 6. The molecular weight excluding hydrogens is 240 g/mol. The van der Waals surface area contributed by atoms with Gasteiger partial charge in [0.25, 0.3) is 0 Å². The first kappa shape index (κ1) is 14.5. The smallest absolute Gasteiger partial charge is 0.320 e. The highest BCUT2D eigenvalue weighted by Crippen LogP contribution is 2.22. The van der Waals surface area contributed by atoms with Gasteiger partial charge in [0.05, 0.1) is 6.61 Å². The number of carbonyl (C=O) groups excluding carboxylic acids is 3. The van der Waals surface area contributed by atoms with E-state index < -0.39 is 24.0 Å². The zero-order valence-electron chi connectivity index (χ0n) is 10.6. The van der Waals surface area contributed by atoms with E-state index in [0.29, 0.717) is 12.8 Å². The van der Waals surface area contributed by atoms with Gasteiger partial charge in [0, 0.05) is 12.8 Å². The molecule has 0 aromatic heterocycles. The Morgan fingerprint density at radius 2 is 2.06 bits per heavy atom. The van der Waals surface area contributed by atoms with Crippen LogP contribution in [0.4, 0.5) is 0 Å². The maximum Gasteiger partial charge on any atom is 0.320 e. The van der Waals surface area contributed by atoms with Crippen LogP contribution in [-0.2, 0) is 28.6 Å². The zero-order chi connectivity index (χ0) is 13.5. The third-order valence-electron chi connectivity index (χ3n) is 2.52. The molecule has 6 heteroatoms. The molecule has 0 spiro atoms. The second-order valence-corrected chi connectivity index (χ2v) is 4.03. The third kappa shape index (κ3) is 4.01. The predicted molar refractivity (Wildman–Crippen MR) is 60.5 cm³/mol. The second-order valence-electron chi connectivity index (χ2n) is 4.03. The van der Waals surface area contributed by atoms with Gasteiger partial charge in [0.15, 0.2) is 5.92 Å². The van der Waals surface area contributed by atoms with Crippen molar-refractivity contribution in [1.29, 1.82) is 0 Å². The molecule has 1 rings (SSSR count). The largest absolute Gasteiger partial charge is 0.465 e. The van der Waals surface area contributed by atoms with E-state index in [4.69, 9.17) is 14.2 Å². The molecule has 0 N–H and O–H groups in total. The molecule has 0 radical (unpaired) electrons. The van der Waals surface area contributed by atoms with E-state index >= 15 is 0 Å². The summed E-state index contributed by atoms with van der Waals surface area (Å²) in [6.07, 6.45) is 0.695. The van der Waals surface area contributed by atoms with Gasteiger partial charge in [-0.2, -0.15) is 0 Å². The maximum absolute atomic E-state index is 11.4. The lowest BCUT2D eigenvalue weighted by molar-refractivity contribution is -0.158. The van der Waals surface area contributed by atoms with Crippen molar-refractivity contribution in [1.82, 2.24) is 0 Å². The van der Waals surface area contributed by atoms with E-state index in [-0.39, 0.29) is 25.6 Å². The van der Waals surface area contributed by atoms with Crippen molar-refractivity contribution >= 4 is 17.9 Å². The van der Waals surface area contributed by atoms with E-state index in [1.54, 1.807) is 6.92 Å². The van der Waals surface area contributed by atoms with Gasteiger partial charge in [0.2, 0.25) is 0 Å². The van der Waals surface area contributed by atoms with Crippen molar-refractivity contribution in [2.45, 2.75) is 39.2 Å². The normalized spacial score (nSPS) is 22.4. The Morgan fingerprint density at radius 1 is 1.33 bits per heavy atom. The fourth-order valence-corrected chi connectivity index (χ4v) is 1.65. The summed E-state index contributed by atoms with van der Waals surface area (Å²) in [7, 11) is 0. The number of hydrogen-bond acceptors (Lipinski definition) is 6. The highest BCUT2D eigenvalue weighted by atomic mass is 16.6. The SMILES string of the molecule is CCCC(=O)OCC1CC(C(=O)OCC)C(=O)O1. The second kappa shape index (κ2) is 6.98. The van der Waals surface area contributed by atoms with E-state index in [2.05, 4.69) is 0 Å². The first-order chi connectivity index (χ1) is 8.58. The van der Waals surface area contributed by atoms with E-state index in [1.807, 2.05) is 6.92 Å². The van der Waals surface area contributed by atoms with E-state index in [0.717, 1.165) is 0 Å². The number of carbonyl (C=O) groups is 3. The minimum Gasteiger partial charge on any atom is -0.465 e. The molecule has 0 aromatic carbocycles. The zero-order valence-corrected chi connectivity index (χ0v) is 10.6. The Balaban J connectivity index is 2.37. The average Bonchev–Trinajstić information content (AvgIpc) is 2.69. The Bertz CT molecular complexity index is 325. The summed E-state index contributed by atoms with van der Waals surface area (Å²) in [6.45, 7) is 3.76. The van der Waals surface area contributed by atoms with Crippen molar-refractivity contribution in [2.75, 3.05) is 13.2 Å². The van der Waals surface area contributed by atoms with Crippen molar-refractivity contribution in [3.63, 3.8) is 0 Å². The summed E-state index contributed by atoms with van der Waals surface area (Å²) >= 11 is 0. The van der Waals surface area contributed by atoms with Gasteiger partial charge in [0.1, 0.15) is 12.7 Å². The molecule has 0 bridgehead atoms. The van der Waals surface area contributed by atoms with Crippen molar-refractivity contribution in [3.8, 4) is 0 Å². The minimum atomic E-state index is -0.889. The van der Waals surface area contributed by atoms with Gasteiger partial charge >= 0.3 is 17.9 Å². The molecule has 0 saturated carbocycles. The number of hydrogen-bond donors (Lipinski definition) is 0. The molecule has 18 heavy (non-hydrogen) atoms. The van der Waals surface area contributed by atoms with E-state index in [9.17, 15) is 14.4 Å². The first-order valence-electron chi connectivity index (χ1n) is 6.11. The molecule has 1 aliphatic rings. The fourth-order valence-electron chi connectivity index (χ4n) is 1.65. The van der Waals surface area contributed by atoms with Crippen molar-refractivity contribution in [3.05, 3.63) is 0 Å². The molecule has 2 atom stereocenters. The Hall–Kier alpha value is -1.59. The first-order valence-corrected chi connectivity index (χ1v) is 6.11. The van der Waals surface area contributed by atoms with Crippen molar-refractivity contribution < 1.29 is 28.6 Å². The van der Waals surface area contributed by atoms with Crippen LogP contribution in [0.1, 0.15) is 33.1 Å². The molecule has 1 fully saturated rings. The quantitative estimate of drug-likeness (QED) is 0.399. The lowest BCUT2D eigenvalue weighted by atomic mass is 10.1. The Labute approximate surface area is 106 Å². The molecule has 0 amide bonds. The van der Waals surface area contributed by atoms with Crippen LogP contribution in [0.5, 0.6) is 0 Å². The van der Waals surface area contributed by atoms with Crippen LogP contribution in [0.2, 0.25) is 0 Å². The van der Waals surface area contributed by atoms with Crippen LogP contribution in [0.25, 0.3) is 0 Å². The van der Waals surface area contributed by atoms with Gasteiger partial charge < -0.3 is 14.2 Å². The monoisotopic (exact) mass is 258 g/mol. The molecule has 2 unspecified atom stereocenters. The maximum atomic E-state index is 11.4. The van der Waals surface area contributed by atoms with Crippen LogP contribution >= 0.6 is 0 Å². The number of cyclic esters (lactones) is 1. The molecular formula is C12H18O6. The topological polar surface area (TPSA) is 78.9 Å². The molecule has 102 valence electrons. The van der Waals surface area contributed by atoms with Crippen LogP contribution in [0.15, 0.2) is 0 Å². The highest BCUT2D eigenvalue weighted by Gasteiger charge is 2.41. The lowest BCUT2D eigenvalue weighted by Crippen LogP contribution is -2.22. The van der Waals surface area contributed by atoms with Crippen LogP contribution in [0.3, 0.4) is 0 Å². The lowest BCUT2D eigenvalue weighted by Gasteiger charge is -2.09. The molecule has 0 aromatic rings. The van der Waals surface area contributed by atoms with Gasteiger partial charge in [-0.1, -0.05) is 6.92 Å². The summed E-state index contributed by atoms with van der Waals surface area (Å²) in [6, 6.07) is 0. The summed E-state index contributed by atoms with van der Waals surface area (Å²) in [5.74, 6) is -2.40. The van der Waals surface area contributed by atoms with Gasteiger partial charge in [-0.3, -0.25) is 14.4 Å². The molecule has 1 saturated heterocycles. The standard InChI is InChI=1S/C12H18O6/c1-3-5-10(13)17-7-8-6-9(12(15)18-8)11(14)16-4-2/h8-9H,3-7H2,1-2H3. The molecule has 0 aliphatic carbocycles. The third-order valence-corrected chi connectivity index (χ3v) is 2.52. The van der Waals surface area contributed by atoms with Crippen LogP contribution in [-0.4, -0.2) is 37.2 Å². The number of ether oxygens (including phenoxy) is 3. The van der Waals surface area contributed by atoms with Gasteiger partial charge in [-0.15, -0.1) is 0 Å². The summed E-state index contributed by atoms with van der Waals surface area (Å²) in [4.78, 5) is 34.0. The molecule has 1 aliphatic heterocycles. The highest BCUT2D eigenvalue weighted by molar-refractivity contribution is 5.96. The average molecular weight is 258 g/mol. The van der Waals surface area contributed by atoms with Crippen LogP contribution < -0.4 is 0 Å². The Kier molecular flexibility index (Phi) is 5.61.